The molecule has 3 aromatic rings. The Morgan fingerprint density at radius 3 is 2.71 bits per heavy atom. The molecule has 0 amide bonds. The van der Waals surface area contributed by atoms with Gasteiger partial charge in [-0.2, -0.15) is 10.7 Å². The molecule has 0 atom stereocenters. The van der Waals surface area contributed by atoms with E-state index in [-0.39, 0.29) is 0 Å². The maximum Gasteiger partial charge on any atom is 0.286 e. The summed E-state index contributed by atoms with van der Waals surface area (Å²) in [6.45, 7) is 2.09. The van der Waals surface area contributed by atoms with Crippen molar-refractivity contribution < 1.29 is 9.61 Å². The fourth-order valence-electron chi connectivity index (χ4n) is 2.53. The first kappa shape index (κ1) is 15.7. The second-order valence-corrected chi connectivity index (χ2v) is 5.41. The van der Waals surface area contributed by atoms with Gasteiger partial charge in [0, 0.05) is 11.6 Å². The Morgan fingerprint density at radius 2 is 1.96 bits per heavy atom. The number of aromatic nitrogens is 2. The van der Waals surface area contributed by atoms with Gasteiger partial charge in [0.15, 0.2) is 5.69 Å². The molecule has 0 unspecified atom stereocenters. The summed E-state index contributed by atoms with van der Waals surface area (Å²) >= 11 is 0. The molecule has 0 saturated carbocycles. The van der Waals surface area contributed by atoms with E-state index in [1.165, 1.54) is 11.9 Å². The Morgan fingerprint density at radius 1 is 1.17 bits per heavy atom. The fraction of sp³-hybridized carbons (Fsp3) is 0.118. The summed E-state index contributed by atoms with van der Waals surface area (Å²) in [4.78, 5) is 0. The van der Waals surface area contributed by atoms with E-state index in [4.69, 9.17) is 5.21 Å². The molecule has 0 aliphatic rings. The van der Waals surface area contributed by atoms with Crippen LogP contribution in [-0.2, 0) is 7.05 Å². The van der Waals surface area contributed by atoms with Crippen molar-refractivity contribution in [1.82, 2.24) is 15.6 Å². The third-order valence-electron chi connectivity index (χ3n) is 3.76. The van der Waals surface area contributed by atoms with E-state index in [1.807, 2.05) is 12.1 Å². The number of fused-ring (bicyclic) bond motifs is 1. The summed E-state index contributed by atoms with van der Waals surface area (Å²) in [5, 5.41) is 15.6. The van der Waals surface area contributed by atoms with E-state index in [0.29, 0.717) is 0 Å². The number of hydrogen-bond donors (Lipinski definition) is 3. The Bertz CT molecular complexity index is 895. The summed E-state index contributed by atoms with van der Waals surface area (Å²) in [6.07, 6.45) is 7.10. The first-order valence-electron chi connectivity index (χ1n) is 7.46. The van der Waals surface area contributed by atoms with Crippen molar-refractivity contribution in [3.8, 4) is 11.3 Å². The molecule has 0 radical (unpaired) electrons. The Hall–Kier alpha value is -3.19. The maximum atomic E-state index is 8.27. The van der Waals surface area contributed by atoms with Crippen molar-refractivity contribution in [1.29, 1.82) is 0 Å². The molecule has 0 saturated heterocycles. The molecule has 2 heterocycles. The van der Waals surface area contributed by atoms with Crippen LogP contribution >= 0.6 is 0 Å². The first-order chi connectivity index (χ1) is 11.7. The Kier molecular flexibility index (Phi) is 4.53. The quantitative estimate of drug-likeness (QED) is 0.289. The zero-order valence-corrected chi connectivity index (χ0v) is 13.5. The third-order valence-corrected chi connectivity index (χ3v) is 3.76. The number of nitrogens with one attached hydrogen (secondary N) is 2. The van der Waals surface area contributed by atoms with Crippen LogP contribution in [0.25, 0.3) is 16.9 Å². The number of imidazole rings is 1. The van der Waals surface area contributed by atoms with Gasteiger partial charge in [0.2, 0.25) is 0 Å². The van der Waals surface area contributed by atoms with Crippen LogP contribution < -0.4 is 15.4 Å². The minimum absolute atomic E-state index is 0.957. The van der Waals surface area contributed by atoms with Crippen LogP contribution in [0.15, 0.2) is 59.0 Å². The minimum atomic E-state index is 0.957. The van der Waals surface area contributed by atoms with Crippen LogP contribution in [0, 0.1) is 6.92 Å². The molecule has 3 N–H and O–H groups in total. The maximum absolute atomic E-state index is 8.27. The van der Waals surface area contributed by atoms with E-state index < -0.39 is 0 Å². The number of hydrogen-bond acceptors (Lipinski definition) is 4. The number of hydrazone groups is 2. The zero-order valence-electron chi connectivity index (χ0n) is 13.5. The standard InChI is InChI=1S/C17H19N6O/c1-13-7-8-23-11-16(22(2)17(23)9-13)15-5-3-14(4-6-15)10-18-19-12-20-21-24/h3-12,21,24H,1-2H3,(H,19,20)/q+1/b18-10+. The van der Waals surface area contributed by atoms with E-state index in [9.17, 15) is 0 Å². The summed E-state index contributed by atoms with van der Waals surface area (Å²) in [5.41, 5.74) is 9.82. The van der Waals surface area contributed by atoms with Gasteiger partial charge >= 0.3 is 0 Å². The van der Waals surface area contributed by atoms with E-state index in [1.54, 1.807) is 11.8 Å². The fourth-order valence-corrected chi connectivity index (χ4v) is 2.53. The summed E-state index contributed by atoms with van der Waals surface area (Å²) < 4.78 is 4.30. The Labute approximate surface area is 139 Å². The van der Waals surface area contributed by atoms with Crippen molar-refractivity contribution in [2.24, 2.45) is 17.3 Å². The lowest BCUT2D eigenvalue weighted by molar-refractivity contribution is -0.510. The predicted molar refractivity (Wildman–Crippen MR) is 92.9 cm³/mol. The van der Waals surface area contributed by atoms with E-state index in [0.717, 1.165) is 22.5 Å². The number of rotatable bonds is 5. The van der Waals surface area contributed by atoms with Gasteiger partial charge in [-0.25, -0.2) is 8.97 Å². The molecule has 122 valence electrons. The molecule has 3 rings (SSSR count). The van der Waals surface area contributed by atoms with E-state index >= 15 is 0 Å². The first-order valence-corrected chi connectivity index (χ1v) is 7.46. The van der Waals surface area contributed by atoms with Crippen LogP contribution in [0.2, 0.25) is 0 Å². The molecule has 0 bridgehead atoms. The van der Waals surface area contributed by atoms with Gasteiger partial charge in [-0.1, -0.05) is 12.1 Å². The topological polar surface area (TPSA) is 78.0 Å². The zero-order chi connectivity index (χ0) is 16.9. The number of benzene rings is 1. The van der Waals surface area contributed by atoms with Gasteiger partial charge in [0.25, 0.3) is 5.65 Å². The molecular weight excluding hydrogens is 304 g/mol. The second kappa shape index (κ2) is 6.93. The van der Waals surface area contributed by atoms with Gasteiger partial charge in [-0.15, -0.1) is 5.10 Å². The highest BCUT2D eigenvalue weighted by molar-refractivity contribution is 5.81. The number of nitrogens with zero attached hydrogens (tertiary/aromatic N) is 4. The van der Waals surface area contributed by atoms with Crippen LogP contribution in [0.3, 0.4) is 0 Å². The minimum Gasteiger partial charge on any atom is -0.274 e. The molecule has 0 aliphatic heterocycles. The van der Waals surface area contributed by atoms with Crippen molar-refractivity contribution in [2.45, 2.75) is 6.92 Å². The largest absolute Gasteiger partial charge is 0.286 e. The lowest BCUT2D eigenvalue weighted by atomic mass is 10.1. The third kappa shape index (κ3) is 3.26. The van der Waals surface area contributed by atoms with Crippen molar-refractivity contribution >= 4 is 18.2 Å². The average molecular weight is 323 g/mol. The summed E-state index contributed by atoms with van der Waals surface area (Å²) in [7, 11) is 2.07. The summed E-state index contributed by atoms with van der Waals surface area (Å²) in [6, 6.07) is 12.4. The Balaban J connectivity index is 1.83. The predicted octanol–water partition coefficient (Wildman–Crippen LogP) is 1.58. The van der Waals surface area contributed by atoms with Crippen LogP contribution in [0.1, 0.15) is 11.1 Å². The smallest absolute Gasteiger partial charge is 0.274 e. The monoisotopic (exact) mass is 323 g/mol. The van der Waals surface area contributed by atoms with Gasteiger partial charge in [0.05, 0.1) is 19.5 Å². The molecule has 0 fully saturated rings. The van der Waals surface area contributed by atoms with Crippen molar-refractivity contribution in [2.75, 3.05) is 0 Å². The number of pyridine rings is 1. The normalized spacial score (nSPS) is 11.6. The van der Waals surface area contributed by atoms with Crippen LogP contribution in [-0.4, -0.2) is 22.3 Å². The highest BCUT2D eigenvalue weighted by atomic mass is 16.5. The van der Waals surface area contributed by atoms with Gasteiger partial charge < -0.3 is 0 Å². The van der Waals surface area contributed by atoms with Crippen LogP contribution in [0.5, 0.6) is 0 Å². The molecule has 24 heavy (non-hydrogen) atoms. The summed E-state index contributed by atoms with van der Waals surface area (Å²) in [5.74, 6) is 0. The molecular formula is C17H19N6O+. The van der Waals surface area contributed by atoms with Crippen molar-refractivity contribution in [3.63, 3.8) is 0 Å². The highest BCUT2D eigenvalue weighted by Crippen LogP contribution is 2.20. The molecule has 0 aliphatic carbocycles. The van der Waals surface area contributed by atoms with Gasteiger partial charge in [-0.3, -0.25) is 10.6 Å². The molecule has 1 aromatic carbocycles. The van der Waals surface area contributed by atoms with Crippen molar-refractivity contribution in [3.05, 3.63) is 59.9 Å². The van der Waals surface area contributed by atoms with Gasteiger partial charge in [0.1, 0.15) is 12.5 Å². The van der Waals surface area contributed by atoms with E-state index in [2.05, 4.69) is 75.2 Å². The molecule has 7 heteroatoms. The average Bonchev–Trinajstić information content (AvgIpc) is 2.92. The lowest BCUT2D eigenvalue weighted by Gasteiger charge is -1.99. The SMILES string of the molecule is Cc1cc[n+]2cc(-c3ccc(/C=N/N/C=N/NO)cc3)n(C)c2c1. The van der Waals surface area contributed by atoms with Gasteiger partial charge in [-0.05, 0) is 36.2 Å². The lowest BCUT2D eigenvalue weighted by Crippen LogP contribution is -2.18. The molecule has 7 nitrogen and oxygen atoms in total. The molecule has 2 aromatic heterocycles. The second-order valence-electron chi connectivity index (χ2n) is 5.41. The molecule has 0 spiro atoms. The number of aryl methyl sites for hydroxylation is 2. The van der Waals surface area contributed by atoms with Crippen LogP contribution in [0.4, 0.5) is 0 Å². The highest BCUT2D eigenvalue weighted by Gasteiger charge is 2.15.